The molecule has 1 aromatic heterocycles. The Morgan fingerprint density at radius 3 is 2.78 bits per heavy atom. The number of thiazole rings is 1. The number of nitrogens with one attached hydrogen (secondary N) is 2. The maximum atomic E-state index is 12.4. The van der Waals surface area contributed by atoms with Gasteiger partial charge in [0, 0.05) is 28.6 Å². The molecule has 0 fully saturated rings. The highest BCUT2D eigenvalue weighted by Gasteiger charge is 2.16. The Balaban J connectivity index is 1.50. The van der Waals surface area contributed by atoms with Crippen LogP contribution < -0.4 is 10.6 Å². The van der Waals surface area contributed by atoms with Gasteiger partial charge in [-0.1, -0.05) is 25.1 Å². The topological polar surface area (TPSA) is 71.1 Å². The molecule has 1 aliphatic rings. The second kappa shape index (κ2) is 7.32. The molecule has 0 saturated heterocycles. The Bertz CT molecular complexity index is 1010. The van der Waals surface area contributed by atoms with Crippen LogP contribution in [0.3, 0.4) is 0 Å². The van der Waals surface area contributed by atoms with Crippen LogP contribution >= 0.6 is 11.3 Å². The summed E-state index contributed by atoms with van der Waals surface area (Å²) in [6.45, 7) is 2.08. The lowest BCUT2D eigenvalue weighted by molar-refractivity contribution is -0.116. The molecular weight excluding hydrogens is 358 g/mol. The Kier molecular flexibility index (Phi) is 4.73. The number of hydrogen-bond acceptors (Lipinski definition) is 4. The lowest BCUT2D eigenvalue weighted by Gasteiger charge is -2.17. The van der Waals surface area contributed by atoms with Crippen LogP contribution in [0, 0.1) is 0 Å². The van der Waals surface area contributed by atoms with Crippen molar-refractivity contribution in [2.24, 2.45) is 0 Å². The van der Waals surface area contributed by atoms with E-state index in [0.29, 0.717) is 17.1 Å². The van der Waals surface area contributed by atoms with Crippen LogP contribution in [0.1, 0.15) is 34.8 Å². The third kappa shape index (κ3) is 3.75. The smallest absolute Gasteiger partial charge is 0.257 e. The van der Waals surface area contributed by atoms with Crippen LogP contribution in [0.2, 0.25) is 0 Å². The zero-order valence-corrected chi connectivity index (χ0v) is 15.7. The summed E-state index contributed by atoms with van der Waals surface area (Å²) in [5, 5.41) is 8.25. The van der Waals surface area contributed by atoms with Gasteiger partial charge in [0.25, 0.3) is 5.91 Å². The lowest BCUT2D eigenvalue weighted by atomic mass is 9.99. The van der Waals surface area contributed by atoms with Gasteiger partial charge >= 0.3 is 0 Å². The molecule has 5 nitrogen and oxygen atoms in total. The van der Waals surface area contributed by atoms with Gasteiger partial charge in [-0.05, 0) is 48.2 Å². The summed E-state index contributed by atoms with van der Waals surface area (Å²) in [5.41, 5.74) is 5.60. The molecule has 4 rings (SSSR count). The summed E-state index contributed by atoms with van der Waals surface area (Å²) in [7, 11) is 0. The second-order valence-corrected chi connectivity index (χ2v) is 7.32. The molecule has 0 atom stereocenters. The van der Waals surface area contributed by atoms with Crippen LogP contribution in [0.4, 0.5) is 10.8 Å². The Labute approximate surface area is 161 Å². The van der Waals surface area contributed by atoms with Crippen molar-refractivity contribution in [1.29, 1.82) is 0 Å². The summed E-state index contributed by atoms with van der Waals surface area (Å²) in [6.07, 6.45) is 2.18. The number of hydrogen-bond donors (Lipinski definition) is 2. The molecule has 0 aliphatic carbocycles. The Hall–Kier alpha value is -2.99. The van der Waals surface area contributed by atoms with Gasteiger partial charge in [-0.3, -0.25) is 14.9 Å². The van der Waals surface area contributed by atoms with Crippen molar-refractivity contribution in [3.8, 4) is 11.3 Å². The quantitative estimate of drug-likeness (QED) is 0.703. The van der Waals surface area contributed by atoms with E-state index in [0.717, 1.165) is 35.3 Å². The molecule has 2 amide bonds. The van der Waals surface area contributed by atoms with Gasteiger partial charge in [0.15, 0.2) is 5.13 Å². The van der Waals surface area contributed by atoms with Gasteiger partial charge in [-0.15, -0.1) is 11.3 Å². The molecule has 136 valence electrons. The first-order valence-electron chi connectivity index (χ1n) is 8.91. The van der Waals surface area contributed by atoms with E-state index < -0.39 is 0 Å². The maximum absolute atomic E-state index is 12.4. The average Bonchev–Trinajstić information content (AvgIpc) is 3.16. The van der Waals surface area contributed by atoms with Crippen molar-refractivity contribution in [2.45, 2.75) is 26.2 Å². The van der Waals surface area contributed by atoms with Crippen molar-refractivity contribution in [3.05, 3.63) is 64.5 Å². The molecule has 2 heterocycles. The third-order valence-electron chi connectivity index (χ3n) is 4.65. The first-order chi connectivity index (χ1) is 13.1. The van der Waals surface area contributed by atoms with Crippen molar-refractivity contribution in [3.63, 3.8) is 0 Å². The average molecular weight is 377 g/mol. The number of anilines is 2. The van der Waals surface area contributed by atoms with Crippen LogP contribution in [0.15, 0.2) is 47.8 Å². The Morgan fingerprint density at radius 1 is 1.19 bits per heavy atom. The zero-order valence-electron chi connectivity index (χ0n) is 14.9. The molecule has 6 heteroatoms. The molecule has 1 aliphatic heterocycles. The van der Waals surface area contributed by atoms with Crippen molar-refractivity contribution in [1.82, 2.24) is 4.98 Å². The fourth-order valence-electron chi connectivity index (χ4n) is 3.07. The molecule has 2 N–H and O–H groups in total. The van der Waals surface area contributed by atoms with Gasteiger partial charge in [-0.25, -0.2) is 4.98 Å². The predicted molar refractivity (Wildman–Crippen MR) is 108 cm³/mol. The first-order valence-corrected chi connectivity index (χ1v) is 9.79. The highest BCUT2D eigenvalue weighted by molar-refractivity contribution is 7.14. The molecule has 0 unspecified atom stereocenters. The minimum absolute atomic E-state index is 0.0564. The SMILES string of the molecule is CCc1ccc(C(=O)Nc2nc(-c3ccc4c(c3)CCC(=O)N4)cs2)cc1. The van der Waals surface area contributed by atoms with Gasteiger partial charge in [-0.2, -0.15) is 0 Å². The molecular formula is C21H19N3O2S. The van der Waals surface area contributed by atoms with Gasteiger partial charge in [0.05, 0.1) is 5.69 Å². The minimum atomic E-state index is -0.160. The van der Waals surface area contributed by atoms with E-state index in [2.05, 4.69) is 28.6 Å². The van der Waals surface area contributed by atoms with Gasteiger partial charge in [0.2, 0.25) is 5.91 Å². The number of carbonyl (C=O) groups excluding carboxylic acids is 2. The number of rotatable bonds is 4. The highest BCUT2D eigenvalue weighted by Crippen LogP contribution is 2.30. The van der Waals surface area contributed by atoms with Crippen LogP contribution in [-0.2, 0) is 17.6 Å². The fourth-order valence-corrected chi connectivity index (χ4v) is 3.78. The van der Waals surface area contributed by atoms with E-state index in [-0.39, 0.29) is 11.8 Å². The monoisotopic (exact) mass is 377 g/mol. The number of fused-ring (bicyclic) bond motifs is 1. The van der Waals surface area contributed by atoms with Crippen molar-refractivity contribution in [2.75, 3.05) is 10.6 Å². The summed E-state index contributed by atoms with van der Waals surface area (Å²) in [6, 6.07) is 13.5. The normalized spacial score (nSPS) is 13.0. The largest absolute Gasteiger partial charge is 0.326 e. The van der Waals surface area contributed by atoms with Crippen molar-refractivity contribution >= 4 is 34.0 Å². The van der Waals surface area contributed by atoms with Crippen LogP contribution in [-0.4, -0.2) is 16.8 Å². The zero-order chi connectivity index (χ0) is 18.8. The maximum Gasteiger partial charge on any atom is 0.257 e. The molecule has 27 heavy (non-hydrogen) atoms. The predicted octanol–water partition coefficient (Wildman–Crippen LogP) is 4.51. The molecule has 0 radical (unpaired) electrons. The van der Waals surface area contributed by atoms with Crippen LogP contribution in [0.5, 0.6) is 0 Å². The van der Waals surface area contributed by atoms with E-state index in [1.54, 1.807) is 0 Å². The molecule has 0 saturated carbocycles. The third-order valence-corrected chi connectivity index (χ3v) is 5.40. The molecule has 0 bridgehead atoms. The number of nitrogens with zero attached hydrogens (tertiary/aromatic N) is 1. The Morgan fingerprint density at radius 2 is 2.00 bits per heavy atom. The van der Waals surface area contributed by atoms with E-state index in [1.165, 1.54) is 16.9 Å². The second-order valence-electron chi connectivity index (χ2n) is 6.46. The molecule has 2 aromatic carbocycles. The summed E-state index contributed by atoms with van der Waals surface area (Å²) >= 11 is 1.40. The summed E-state index contributed by atoms with van der Waals surface area (Å²) in [4.78, 5) is 28.4. The number of carbonyl (C=O) groups is 2. The summed E-state index contributed by atoms with van der Waals surface area (Å²) in [5.74, 6) is -0.104. The van der Waals surface area contributed by atoms with Crippen LogP contribution in [0.25, 0.3) is 11.3 Å². The lowest BCUT2D eigenvalue weighted by Crippen LogP contribution is -2.18. The number of benzene rings is 2. The molecule has 3 aromatic rings. The van der Waals surface area contributed by atoms with Gasteiger partial charge < -0.3 is 5.32 Å². The highest BCUT2D eigenvalue weighted by atomic mass is 32.1. The van der Waals surface area contributed by atoms with E-state index in [1.807, 2.05) is 41.8 Å². The number of aromatic nitrogens is 1. The van der Waals surface area contributed by atoms with E-state index >= 15 is 0 Å². The standard InChI is InChI=1S/C21H19N3O2S/c1-2-13-3-5-14(6-4-13)20(26)24-21-23-18(12-27-21)16-7-9-17-15(11-16)8-10-19(25)22-17/h3-7,9,11-12H,2,8,10H2,1H3,(H,22,25)(H,23,24,26). The summed E-state index contributed by atoms with van der Waals surface area (Å²) < 4.78 is 0. The van der Waals surface area contributed by atoms with E-state index in [9.17, 15) is 9.59 Å². The van der Waals surface area contributed by atoms with E-state index in [4.69, 9.17) is 0 Å². The first kappa shape index (κ1) is 17.4. The van der Waals surface area contributed by atoms with Gasteiger partial charge in [0.1, 0.15) is 0 Å². The molecule has 0 spiro atoms. The van der Waals surface area contributed by atoms with Crippen molar-refractivity contribution < 1.29 is 9.59 Å². The number of amides is 2. The minimum Gasteiger partial charge on any atom is -0.326 e. The number of aryl methyl sites for hydroxylation is 2. The fraction of sp³-hybridized carbons (Fsp3) is 0.190.